The van der Waals surface area contributed by atoms with Gasteiger partial charge < -0.3 is 0 Å². The van der Waals surface area contributed by atoms with E-state index in [0.29, 0.717) is 0 Å². The normalized spacial score (nSPS) is 1.25. The Morgan fingerprint density at radius 1 is 0.750 bits per heavy atom. The van der Waals surface area contributed by atoms with Crippen LogP contribution < -0.4 is 0 Å². The van der Waals surface area contributed by atoms with Gasteiger partial charge >= 0.3 is 0 Å². The molecule has 0 aliphatic heterocycles. The topological polar surface area (TPSA) is 47.6 Å². The van der Waals surface area contributed by atoms with E-state index < -0.39 is 0 Å². The second kappa shape index (κ2) is 55.2. The van der Waals surface area contributed by atoms with E-state index >= 15 is 0 Å². The average Bonchev–Trinajstić information content (AvgIpc) is 1.37. The van der Waals surface area contributed by atoms with Crippen LogP contribution in [0.4, 0.5) is 0 Å². The third-order valence-electron chi connectivity index (χ3n) is 0.0500. The summed E-state index contributed by atoms with van der Waals surface area (Å²) >= 11 is 0. The third kappa shape index (κ3) is 107. The first kappa shape index (κ1) is 40.8. The lowest BCUT2D eigenvalue weighted by Gasteiger charge is -1.16. The molecule has 0 aliphatic rings. The van der Waals surface area contributed by atoms with E-state index in [1.54, 1.807) is 0 Å². The SMILES string of the molecule is Cl.Cl.Cl.N#CC#N.[P]. The van der Waals surface area contributed by atoms with Gasteiger partial charge in [0, 0.05) is 9.90 Å². The maximum absolute atomic E-state index is 7.26. The smallest absolute Gasteiger partial charge is 0.181 e. The molecule has 0 aromatic carbocycles. The summed E-state index contributed by atoms with van der Waals surface area (Å²) in [6, 6.07) is 2.47. The molecule has 0 unspecified atom stereocenters. The highest BCUT2D eigenvalue weighted by Crippen LogP contribution is 1.27. The number of rotatable bonds is 0. The van der Waals surface area contributed by atoms with E-state index in [4.69, 9.17) is 10.5 Å². The molecule has 0 N–H and O–H groups in total. The van der Waals surface area contributed by atoms with Crippen molar-refractivity contribution in [2.45, 2.75) is 0 Å². The highest BCUT2D eigenvalue weighted by atomic mass is 35.5. The highest BCUT2D eigenvalue weighted by molar-refractivity contribution is 6.92. The highest BCUT2D eigenvalue weighted by Gasteiger charge is 1.39. The zero-order valence-electron chi connectivity index (χ0n) is 3.57. The number of hydrogen-bond acceptors (Lipinski definition) is 2. The maximum atomic E-state index is 7.26. The fourth-order valence-electron chi connectivity index (χ4n) is 0. The van der Waals surface area contributed by atoms with E-state index in [1.165, 1.54) is 12.1 Å². The molecule has 2 nitrogen and oxygen atoms in total. The fraction of sp³-hybridized carbons (Fsp3) is 0. The molecule has 0 heterocycles. The van der Waals surface area contributed by atoms with Crippen molar-refractivity contribution in [3.63, 3.8) is 0 Å². The summed E-state index contributed by atoms with van der Waals surface area (Å²) < 4.78 is 0. The number of nitrogens with zero attached hydrogens (tertiary/aromatic N) is 2. The molecule has 3 radical (unpaired) electrons. The molecule has 0 aliphatic carbocycles. The quantitative estimate of drug-likeness (QED) is 0.552. The summed E-state index contributed by atoms with van der Waals surface area (Å²) in [5.41, 5.74) is 0. The van der Waals surface area contributed by atoms with E-state index in [1.807, 2.05) is 0 Å². The number of nitriles is 2. The van der Waals surface area contributed by atoms with Crippen LogP contribution in [-0.4, -0.2) is 0 Å². The van der Waals surface area contributed by atoms with E-state index in [9.17, 15) is 0 Å². The third-order valence-corrected chi connectivity index (χ3v) is 0.0500. The van der Waals surface area contributed by atoms with Crippen LogP contribution in [-0.2, 0) is 0 Å². The second-order valence-electron chi connectivity index (χ2n) is 0.224. The van der Waals surface area contributed by atoms with Gasteiger partial charge in [-0.05, 0) is 0 Å². The lowest BCUT2D eigenvalue weighted by Crippen LogP contribution is -1.26. The van der Waals surface area contributed by atoms with Gasteiger partial charge in [0.2, 0.25) is 0 Å². The van der Waals surface area contributed by atoms with Gasteiger partial charge in [0.1, 0.15) is 0 Å². The Morgan fingerprint density at radius 3 is 0.875 bits per heavy atom. The van der Waals surface area contributed by atoms with Crippen LogP contribution in [0.3, 0.4) is 0 Å². The van der Waals surface area contributed by atoms with Gasteiger partial charge in [-0.15, -0.1) is 37.2 Å². The van der Waals surface area contributed by atoms with Crippen LogP contribution in [0.1, 0.15) is 0 Å². The monoisotopic (exact) mass is 191 g/mol. The van der Waals surface area contributed by atoms with Crippen LogP contribution in [0.5, 0.6) is 0 Å². The van der Waals surface area contributed by atoms with E-state index in [-0.39, 0.29) is 47.1 Å². The van der Waals surface area contributed by atoms with Gasteiger partial charge in [-0.1, -0.05) is 0 Å². The first-order valence-electron chi connectivity index (χ1n) is 0.697. The first-order valence-corrected chi connectivity index (χ1v) is 0.697. The molecule has 0 aromatic heterocycles. The Balaban J connectivity index is -0.00000000750. The van der Waals surface area contributed by atoms with Gasteiger partial charge in [0.25, 0.3) is 0 Å². The molecule has 0 saturated carbocycles. The van der Waals surface area contributed by atoms with Gasteiger partial charge in [-0.25, -0.2) is 0 Å². The Hall–Kier alpha value is 0.280. The van der Waals surface area contributed by atoms with Gasteiger partial charge in [0.05, 0.1) is 0 Å². The molecule has 8 heavy (non-hydrogen) atoms. The molecule has 0 amide bonds. The van der Waals surface area contributed by atoms with Gasteiger partial charge in [-0.3, -0.25) is 0 Å². The Morgan fingerprint density at radius 2 is 0.875 bits per heavy atom. The van der Waals surface area contributed by atoms with Crippen molar-refractivity contribution in [2.24, 2.45) is 0 Å². The van der Waals surface area contributed by atoms with Crippen LogP contribution in [0.15, 0.2) is 0 Å². The lowest BCUT2D eigenvalue weighted by atomic mass is 10.9. The summed E-state index contributed by atoms with van der Waals surface area (Å²) in [5.74, 6) is 0. The summed E-state index contributed by atoms with van der Waals surface area (Å²) in [6.45, 7) is 0. The van der Waals surface area contributed by atoms with Crippen molar-refractivity contribution in [3.05, 3.63) is 0 Å². The van der Waals surface area contributed by atoms with E-state index in [2.05, 4.69) is 0 Å². The zero-order valence-corrected chi connectivity index (χ0v) is 6.91. The lowest BCUT2D eigenvalue weighted by molar-refractivity contribution is 1.49. The van der Waals surface area contributed by atoms with Crippen LogP contribution in [0, 0.1) is 22.7 Å². The Labute approximate surface area is 70.1 Å². The van der Waals surface area contributed by atoms with Crippen molar-refractivity contribution in [3.8, 4) is 12.1 Å². The van der Waals surface area contributed by atoms with Crippen molar-refractivity contribution in [1.82, 2.24) is 0 Å². The molecular formula is C2H3Cl3N2P. The number of halogens is 3. The molecule has 47 valence electrons. The molecule has 0 aromatic rings. The van der Waals surface area contributed by atoms with Crippen LogP contribution >= 0.6 is 47.1 Å². The molecule has 0 rings (SSSR count). The molecule has 0 fully saturated rings. The maximum Gasteiger partial charge on any atom is 0.181 e. The Kier molecular flexibility index (Phi) is 282. The minimum absolute atomic E-state index is 0. The molecule has 0 spiro atoms. The standard InChI is InChI=1S/C2N2.3ClH.P/c3-1-2-4;;;;/h;3*1H;. The van der Waals surface area contributed by atoms with Crippen LogP contribution in [0.2, 0.25) is 0 Å². The van der Waals surface area contributed by atoms with Crippen molar-refractivity contribution in [2.75, 3.05) is 0 Å². The Bertz CT molecular complexity index is 70.3. The summed E-state index contributed by atoms with van der Waals surface area (Å²) in [4.78, 5) is 0. The molecular weight excluding hydrogens is 189 g/mol. The predicted molar refractivity (Wildman–Crippen MR) is 39.9 cm³/mol. The van der Waals surface area contributed by atoms with Crippen molar-refractivity contribution < 1.29 is 0 Å². The average molecular weight is 192 g/mol. The molecule has 6 heteroatoms. The van der Waals surface area contributed by atoms with E-state index in [0.717, 1.165) is 0 Å². The molecule has 0 bridgehead atoms. The molecule has 0 saturated heterocycles. The molecule has 0 atom stereocenters. The second-order valence-corrected chi connectivity index (χ2v) is 0.224. The summed E-state index contributed by atoms with van der Waals surface area (Å²) in [5, 5.41) is 14.5. The summed E-state index contributed by atoms with van der Waals surface area (Å²) in [7, 11) is 0. The van der Waals surface area contributed by atoms with Crippen molar-refractivity contribution in [1.29, 1.82) is 10.5 Å². The van der Waals surface area contributed by atoms with Gasteiger partial charge in [-0.2, -0.15) is 10.5 Å². The largest absolute Gasteiger partial charge is 0.181 e. The predicted octanol–water partition coefficient (Wildman–Crippen LogP) is 2.16. The minimum Gasteiger partial charge on any atom is -0.181 e. The fourth-order valence-corrected chi connectivity index (χ4v) is 0. The minimum atomic E-state index is 0. The van der Waals surface area contributed by atoms with Crippen LogP contribution in [0.25, 0.3) is 0 Å². The van der Waals surface area contributed by atoms with Gasteiger partial charge in [0.15, 0.2) is 12.1 Å². The number of hydrogen-bond donors (Lipinski definition) is 0. The first-order chi connectivity index (χ1) is 1.91. The zero-order chi connectivity index (χ0) is 3.41. The van der Waals surface area contributed by atoms with Crippen molar-refractivity contribution >= 4 is 47.1 Å². The summed E-state index contributed by atoms with van der Waals surface area (Å²) in [6.07, 6.45) is 0.